The molecule has 1 unspecified atom stereocenters. The first-order valence-corrected chi connectivity index (χ1v) is 6.76. The maximum Gasteiger partial charge on any atom is 0.475 e. The molecular weight excluding hydrogens is 226 g/mol. The minimum atomic E-state index is -3.14. The maximum absolute atomic E-state index is 10.7. The third kappa shape index (κ3) is 14.4. The van der Waals surface area contributed by atoms with E-state index < -0.39 is 15.6 Å². The Morgan fingerprint density at radius 3 is 2.29 bits per heavy atom. The molecule has 1 atom stereocenters. The van der Waals surface area contributed by atoms with Crippen molar-refractivity contribution in [1.82, 2.24) is 0 Å². The molecule has 0 saturated carbocycles. The normalized spacial score (nSPS) is 11.6. The number of carbonyl (C=O) groups is 1. The Morgan fingerprint density at radius 2 is 2.00 bits per heavy atom. The van der Waals surface area contributed by atoms with Gasteiger partial charge < -0.3 is 24.9 Å². The number of hydrogen-bond acceptors (Lipinski definition) is 7. The minimum absolute atomic E-state index is 0.325. The van der Waals surface area contributed by atoms with Crippen LogP contribution in [0.1, 0.15) is 6.42 Å². The van der Waals surface area contributed by atoms with Crippen LogP contribution in [0.25, 0.3) is 0 Å². The van der Waals surface area contributed by atoms with Crippen LogP contribution in [0, 0.1) is 0 Å². The highest BCUT2D eigenvalue weighted by molar-refractivity contribution is 7.98. The number of carbonyl (C=O) groups excluding carboxylic acids is 1. The first-order valence-electron chi connectivity index (χ1n) is 3.82. The second-order valence-corrected chi connectivity index (χ2v) is 3.94. The number of hydrogen-bond donors (Lipinski definition) is 4. The van der Waals surface area contributed by atoms with Crippen LogP contribution in [0.3, 0.4) is 0 Å². The van der Waals surface area contributed by atoms with Gasteiger partial charge in [0.25, 0.3) is 0 Å². The summed E-state index contributed by atoms with van der Waals surface area (Å²) in [6.07, 6.45) is 2.66. The zero-order valence-corrected chi connectivity index (χ0v) is 10.2. The average molecular weight is 243 g/mol. The van der Waals surface area contributed by atoms with Gasteiger partial charge in [-0.1, -0.05) is 0 Å². The molecule has 6 nitrogen and oxygen atoms in total. The van der Waals surface area contributed by atoms with Gasteiger partial charge in [-0.05, 0) is 18.4 Å². The summed E-state index contributed by atoms with van der Waals surface area (Å²) in [7, 11) is -1.79. The number of methoxy groups -OCH3 is 1. The molecule has 5 N–H and O–H groups in total. The minimum Gasteiger partial charge on any atom is -0.468 e. The van der Waals surface area contributed by atoms with E-state index in [2.05, 4.69) is 4.74 Å². The molecule has 0 spiro atoms. The van der Waals surface area contributed by atoms with Crippen LogP contribution in [0.4, 0.5) is 0 Å². The highest BCUT2D eigenvalue weighted by Gasteiger charge is 2.11. The molecule has 0 aromatic rings. The van der Waals surface area contributed by atoms with Gasteiger partial charge in [-0.3, -0.25) is 4.79 Å². The summed E-state index contributed by atoms with van der Waals surface area (Å²) in [5, 5.41) is 0. The first-order chi connectivity index (χ1) is 6.45. The molecule has 0 aromatic carbocycles. The highest BCUT2D eigenvalue weighted by Crippen LogP contribution is 1.99. The molecule has 0 fully saturated rings. The number of ether oxygens (including phenoxy) is 1. The highest BCUT2D eigenvalue weighted by atomic mass is 32.2. The van der Waals surface area contributed by atoms with E-state index in [4.69, 9.17) is 20.1 Å². The molecule has 0 aliphatic carbocycles. The summed E-state index contributed by atoms with van der Waals surface area (Å²) >= 11 is 1.67. The van der Waals surface area contributed by atoms with E-state index in [1.54, 1.807) is 11.8 Å². The van der Waals surface area contributed by atoms with Gasteiger partial charge in [0, 0.05) is 0 Å². The van der Waals surface area contributed by atoms with Crippen molar-refractivity contribution in [3.63, 3.8) is 0 Å². The van der Waals surface area contributed by atoms with E-state index >= 15 is 0 Å². The molecule has 0 aliphatic heterocycles. The van der Waals surface area contributed by atoms with Gasteiger partial charge in [0.1, 0.15) is 6.04 Å². The molecular formula is C6H17NO5SSi. The van der Waals surface area contributed by atoms with Gasteiger partial charge in [-0.25, -0.2) is 0 Å². The van der Waals surface area contributed by atoms with Gasteiger partial charge in [0.05, 0.1) is 7.11 Å². The van der Waals surface area contributed by atoms with Crippen molar-refractivity contribution in [1.29, 1.82) is 0 Å². The molecule has 0 saturated heterocycles. The van der Waals surface area contributed by atoms with Crippen molar-refractivity contribution >= 4 is 27.3 Å². The van der Waals surface area contributed by atoms with Gasteiger partial charge in [0.2, 0.25) is 0 Å². The van der Waals surface area contributed by atoms with Gasteiger partial charge in [0.15, 0.2) is 0 Å². The molecule has 86 valence electrons. The van der Waals surface area contributed by atoms with E-state index in [0.29, 0.717) is 6.42 Å². The Morgan fingerprint density at radius 1 is 1.57 bits per heavy atom. The lowest BCUT2D eigenvalue weighted by molar-refractivity contribution is -0.142. The predicted molar refractivity (Wildman–Crippen MR) is 56.8 cm³/mol. The van der Waals surface area contributed by atoms with Crippen molar-refractivity contribution < 1.29 is 23.9 Å². The summed E-state index contributed by atoms with van der Waals surface area (Å²) in [6.45, 7) is 0. The van der Waals surface area contributed by atoms with Crippen LogP contribution in [0.15, 0.2) is 0 Å². The lowest BCUT2D eigenvalue weighted by Gasteiger charge is -2.06. The lowest BCUT2D eigenvalue weighted by Crippen LogP contribution is -2.31. The predicted octanol–water partition coefficient (Wildman–Crippen LogP) is -2.08. The van der Waals surface area contributed by atoms with Crippen molar-refractivity contribution in [3.8, 4) is 0 Å². The van der Waals surface area contributed by atoms with E-state index in [1.165, 1.54) is 7.11 Å². The van der Waals surface area contributed by atoms with Crippen LogP contribution in [0.2, 0.25) is 0 Å². The summed E-state index contributed by atoms with van der Waals surface area (Å²) in [4.78, 5) is 32.6. The van der Waals surface area contributed by atoms with Gasteiger partial charge >= 0.3 is 15.5 Å². The van der Waals surface area contributed by atoms with Crippen molar-refractivity contribution in [2.45, 2.75) is 12.5 Å². The zero-order chi connectivity index (χ0) is 11.6. The van der Waals surface area contributed by atoms with E-state index in [9.17, 15) is 4.79 Å². The molecule has 0 amide bonds. The molecule has 0 aliphatic rings. The molecule has 0 rings (SSSR count). The smallest absolute Gasteiger partial charge is 0.468 e. The summed E-state index contributed by atoms with van der Waals surface area (Å²) < 4.78 is 4.44. The van der Waals surface area contributed by atoms with Crippen molar-refractivity contribution in [2.75, 3.05) is 19.1 Å². The van der Waals surface area contributed by atoms with E-state index in [1.807, 2.05) is 6.26 Å². The van der Waals surface area contributed by atoms with Crippen molar-refractivity contribution in [3.05, 3.63) is 0 Å². The summed E-state index contributed by atoms with van der Waals surface area (Å²) in [5.41, 5.74) is 5.43. The van der Waals surface area contributed by atoms with Crippen LogP contribution in [0.5, 0.6) is 0 Å². The van der Waals surface area contributed by atoms with Crippen LogP contribution < -0.4 is 5.73 Å². The fourth-order valence-corrected chi connectivity index (χ4v) is 1.00. The second-order valence-electron chi connectivity index (χ2n) is 2.26. The Labute approximate surface area is 89.0 Å². The third-order valence-corrected chi connectivity index (χ3v) is 1.78. The second kappa shape index (κ2) is 11.0. The Balaban J connectivity index is 0. The molecule has 0 heterocycles. The topological polar surface area (TPSA) is 113 Å². The van der Waals surface area contributed by atoms with Gasteiger partial charge in [-0.15, -0.1) is 0 Å². The number of nitrogens with two attached hydrogens (primary N) is 1. The largest absolute Gasteiger partial charge is 0.475 e. The van der Waals surface area contributed by atoms with Crippen LogP contribution in [-0.4, -0.2) is 55.0 Å². The number of rotatable bonds is 4. The summed E-state index contributed by atoms with van der Waals surface area (Å²) in [5.74, 6) is 0.574. The first kappa shape index (κ1) is 16.3. The number of esters is 1. The zero-order valence-electron chi connectivity index (χ0n) is 8.21. The average Bonchev–Trinajstić information content (AvgIpc) is 2.11. The van der Waals surface area contributed by atoms with Crippen molar-refractivity contribution in [2.24, 2.45) is 5.73 Å². The lowest BCUT2D eigenvalue weighted by atomic mass is 10.2. The van der Waals surface area contributed by atoms with Crippen LogP contribution in [-0.2, 0) is 9.53 Å². The molecule has 0 aromatic heterocycles. The fourth-order valence-electron chi connectivity index (χ4n) is 0.514. The van der Waals surface area contributed by atoms with E-state index in [0.717, 1.165) is 5.75 Å². The Kier molecular flexibility index (Phi) is 12.8. The monoisotopic (exact) mass is 243 g/mol. The Bertz CT molecular complexity index is 145. The summed E-state index contributed by atoms with van der Waals surface area (Å²) in [6, 6.07) is -0.447. The maximum atomic E-state index is 10.7. The SMILES string of the molecule is COC(=O)C(N)CCSC.O[SiH](O)O. The molecule has 0 bridgehead atoms. The third-order valence-electron chi connectivity index (χ3n) is 1.14. The molecule has 8 heteroatoms. The standard InChI is InChI=1S/C6H13NO2S.H4O3Si/c1-9-6(8)5(7)3-4-10-2;1-4(2)3/h5H,3-4,7H2,1-2H3;1-4H. The quantitative estimate of drug-likeness (QED) is 0.331. The molecule has 14 heavy (non-hydrogen) atoms. The molecule has 0 radical (unpaired) electrons. The van der Waals surface area contributed by atoms with Gasteiger partial charge in [-0.2, -0.15) is 11.8 Å². The fraction of sp³-hybridized carbons (Fsp3) is 0.833. The number of thioether (sulfide) groups is 1. The van der Waals surface area contributed by atoms with Crippen LogP contribution >= 0.6 is 11.8 Å². The van der Waals surface area contributed by atoms with E-state index in [-0.39, 0.29) is 5.97 Å². The Hall–Kier alpha value is -0.123.